The lowest BCUT2D eigenvalue weighted by Gasteiger charge is -2.38. The van der Waals surface area contributed by atoms with Gasteiger partial charge in [0.15, 0.2) is 5.65 Å². The molecule has 4 heterocycles. The standard InChI is InChI=1S/C26H29N9O/c1-16-18(12-29-35(16)20-7-9-21(36-2)10-8-20)14-34-15-19(11-17-5-3-4-6-23(17)34)30-24-22-13-28-33-25(22)32-26(27)31-24/h3-10,12-13,16,18-19H,11,14-15H2,1-2H3,(H4,27,28,30,31,32,33). The Morgan fingerprint density at radius 2 is 1.97 bits per heavy atom. The van der Waals surface area contributed by atoms with E-state index in [2.05, 4.69) is 84.9 Å². The van der Waals surface area contributed by atoms with Crippen LogP contribution in [0.4, 0.5) is 23.1 Å². The number of rotatable bonds is 6. The Labute approximate surface area is 209 Å². The van der Waals surface area contributed by atoms with Crippen LogP contribution in [0, 0.1) is 5.92 Å². The van der Waals surface area contributed by atoms with E-state index in [-0.39, 0.29) is 23.9 Å². The highest BCUT2D eigenvalue weighted by Gasteiger charge is 2.33. The summed E-state index contributed by atoms with van der Waals surface area (Å²) in [5, 5.41) is 18.3. The summed E-state index contributed by atoms with van der Waals surface area (Å²) in [6.07, 6.45) is 4.70. The van der Waals surface area contributed by atoms with E-state index >= 15 is 0 Å². The van der Waals surface area contributed by atoms with Gasteiger partial charge in [0, 0.05) is 37.0 Å². The molecule has 0 amide bonds. The zero-order chi connectivity index (χ0) is 24.6. The summed E-state index contributed by atoms with van der Waals surface area (Å²) in [6, 6.07) is 17.0. The number of nitrogens with zero attached hydrogens (tertiary/aromatic N) is 6. The first-order chi connectivity index (χ1) is 17.6. The van der Waals surface area contributed by atoms with Crippen LogP contribution in [-0.4, -0.2) is 58.7 Å². The number of aromatic nitrogens is 4. The predicted octanol–water partition coefficient (Wildman–Crippen LogP) is 3.30. The van der Waals surface area contributed by atoms with Gasteiger partial charge >= 0.3 is 0 Å². The van der Waals surface area contributed by atoms with Crippen molar-refractivity contribution < 1.29 is 4.74 Å². The lowest BCUT2D eigenvalue weighted by molar-refractivity contribution is 0.414. The number of ether oxygens (including phenoxy) is 1. The largest absolute Gasteiger partial charge is 0.497 e. The summed E-state index contributed by atoms with van der Waals surface area (Å²) < 4.78 is 5.30. The topological polar surface area (TPSA) is 121 Å². The van der Waals surface area contributed by atoms with E-state index in [4.69, 9.17) is 15.6 Å². The molecule has 4 aromatic rings. The third-order valence-electron chi connectivity index (χ3n) is 7.06. The van der Waals surface area contributed by atoms with E-state index in [0.717, 1.165) is 36.3 Å². The van der Waals surface area contributed by atoms with E-state index < -0.39 is 0 Å². The van der Waals surface area contributed by atoms with Crippen LogP contribution in [0.15, 0.2) is 59.8 Å². The Kier molecular flexibility index (Phi) is 5.55. The first-order valence-electron chi connectivity index (χ1n) is 12.1. The molecule has 0 aliphatic carbocycles. The number of para-hydroxylation sites is 1. The van der Waals surface area contributed by atoms with Crippen LogP contribution in [0.3, 0.4) is 0 Å². The molecule has 10 heteroatoms. The molecular formula is C26H29N9O. The zero-order valence-electron chi connectivity index (χ0n) is 20.3. The van der Waals surface area contributed by atoms with Crippen molar-refractivity contribution in [2.45, 2.75) is 25.4 Å². The molecule has 0 bridgehead atoms. The normalized spacial score (nSPS) is 21.1. The van der Waals surface area contributed by atoms with Gasteiger partial charge in [0.25, 0.3) is 0 Å². The highest BCUT2D eigenvalue weighted by molar-refractivity contribution is 5.87. The van der Waals surface area contributed by atoms with E-state index in [1.54, 1.807) is 13.3 Å². The van der Waals surface area contributed by atoms with Crippen molar-refractivity contribution in [1.82, 2.24) is 20.2 Å². The SMILES string of the molecule is COc1ccc(N2N=CC(CN3CC(Nc4nc(N)nc5[nH]ncc45)Cc4ccccc43)C2C)cc1. The quantitative estimate of drug-likeness (QED) is 0.382. The summed E-state index contributed by atoms with van der Waals surface area (Å²) in [7, 11) is 1.68. The number of nitrogens with two attached hydrogens (primary N) is 1. The number of anilines is 4. The fourth-order valence-corrected chi connectivity index (χ4v) is 5.17. The van der Waals surface area contributed by atoms with E-state index in [9.17, 15) is 0 Å². The molecule has 0 fully saturated rings. The van der Waals surface area contributed by atoms with Crippen LogP contribution < -0.4 is 25.7 Å². The molecule has 4 N–H and O–H groups in total. The van der Waals surface area contributed by atoms with Gasteiger partial charge in [0.2, 0.25) is 5.95 Å². The smallest absolute Gasteiger partial charge is 0.224 e. The maximum absolute atomic E-state index is 5.95. The molecule has 6 rings (SSSR count). The fraction of sp³-hybridized carbons (Fsp3) is 0.308. The minimum absolute atomic E-state index is 0.152. The van der Waals surface area contributed by atoms with Crippen molar-refractivity contribution in [3.63, 3.8) is 0 Å². The summed E-state index contributed by atoms with van der Waals surface area (Å²) in [5.41, 5.74) is 10.2. The Morgan fingerprint density at radius 3 is 2.81 bits per heavy atom. The molecule has 10 nitrogen and oxygen atoms in total. The Bertz CT molecular complexity index is 1400. The number of hydrazone groups is 1. The molecular weight excluding hydrogens is 454 g/mol. The van der Waals surface area contributed by atoms with E-state index in [1.807, 2.05) is 12.1 Å². The lowest BCUT2D eigenvalue weighted by Crippen LogP contribution is -2.46. The van der Waals surface area contributed by atoms with Gasteiger partial charge in [-0.25, -0.2) is 0 Å². The number of hydrogen-bond acceptors (Lipinski definition) is 9. The summed E-state index contributed by atoms with van der Waals surface area (Å²) in [4.78, 5) is 11.1. The maximum Gasteiger partial charge on any atom is 0.224 e. The number of aromatic amines is 1. The van der Waals surface area contributed by atoms with Crippen molar-refractivity contribution in [2.24, 2.45) is 11.0 Å². The molecule has 36 heavy (non-hydrogen) atoms. The second-order valence-electron chi connectivity index (χ2n) is 9.35. The van der Waals surface area contributed by atoms with Crippen LogP contribution in [0.5, 0.6) is 5.75 Å². The highest BCUT2D eigenvalue weighted by Crippen LogP contribution is 2.33. The van der Waals surface area contributed by atoms with Gasteiger partial charge in [-0.05, 0) is 49.2 Å². The molecule has 2 aromatic carbocycles. The van der Waals surface area contributed by atoms with Gasteiger partial charge in [-0.3, -0.25) is 10.1 Å². The molecule has 184 valence electrons. The van der Waals surface area contributed by atoms with E-state index in [1.165, 1.54) is 11.3 Å². The third-order valence-corrected chi connectivity index (χ3v) is 7.06. The van der Waals surface area contributed by atoms with Crippen molar-refractivity contribution in [3.8, 4) is 5.75 Å². The van der Waals surface area contributed by atoms with Crippen LogP contribution in [0.25, 0.3) is 11.0 Å². The number of hydrogen-bond donors (Lipinski definition) is 3. The van der Waals surface area contributed by atoms with Gasteiger partial charge in [0.1, 0.15) is 11.6 Å². The average Bonchev–Trinajstić information content (AvgIpc) is 3.51. The molecule has 0 spiro atoms. The number of methoxy groups -OCH3 is 1. The van der Waals surface area contributed by atoms with Gasteiger partial charge in [0.05, 0.1) is 30.4 Å². The highest BCUT2D eigenvalue weighted by atomic mass is 16.5. The molecule has 0 saturated carbocycles. The third kappa shape index (κ3) is 4.04. The van der Waals surface area contributed by atoms with Gasteiger partial charge < -0.3 is 20.7 Å². The number of nitrogen functional groups attached to an aromatic ring is 1. The molecule has 3 atom stereocenters. The average molecular weight is 484 g/mol. The van der Waals surface area contributed by atoms with Crippen LogP contribution in [0.2, 0.25) is 0 Å². The minimum Gasteiger partial charge on any atom is -0.497 e. The second kappa shape index (κ2) is 9.03. The number of fused-ring (bicyclic) bond motifs is 2. The number of H-pyrrole nitrogens is 1. The maximum atomic E-state index is 5.95. The summed E-state index contributed by atoms with van der Waals surface area (Å²) in [5.74, 6) is 2.04. The van der Waals surface area contributed by atoms with Crippen LogP contribution >= 0.6 is 0 Å². The predicted molar refractivity (Wildman–Crippen MR) is 143 cm³/mol. The summed E-state index contributed by atoms with van der Waals surface area (Å²) in [6.45, 7) is 3.92. The Balaban J connectivity index is 1.22. The van der Waals surface area contributed by atoms with Gasteiger partial charge in [-0.15, -0.1) is 0 Å². The van der Waals surface area contributed by atoms with Gasteiger partial charge in [-0.2, -0.15) is 20.2 Å². The van der Waals surface area contributed by atoms with Crippen molar-refractivity contribution in [1.29, 1.82) is 0 Å². The molecule has 2 aliphatic heterocycles. The first kappa shape index (κ1) is 22.1. The van der Waals surface area contributed by atoms with Crippen LogP contribution in [0.1, 0.15) is 12.5 Å². The molecule has 0 radical (unpaired) electrons. The molecule has 2 aromatic heterocycles. The number of benzene rings is 2. The van der Waals surface area contributed by atoms with E-state index in [0.29, 0.717) is 11.5 Å². The zero-order valence-corrected chi connectivity index (χ0v) is 20.3. The number of nitrogens with one attached hydrogen (secondary N) is 2. The lowest BCUT2D eigenvalue weighted by atomic mass is 9.95. The fourth-order valence-electron chi connectivity index (χ4n) is 5.17. The van der Waals surface area contributed by atoms with Crippen LogP contribution in [-0.2, 0) is 6.42 Å². The minimum atomic E-state index is 0.152. The van der Waals surface area contributed by atoms with Crippen molar-refractivity contribution in [3.05, 3.63) is 60.3 Å². The second-order valence-corrected chi connectivity index (χ2v) is 9.35. The van der Waals surface area contributed by atoms with Crippen molar-refractivity contribution in [2.75, 3.05) is 41.2 Å². The monoisotopic (exact) mass is 483 g/mol. The summed E-state index contributed by atoms with van der Waals surface area (Å²) >= 11 is 0. The Morgan fingerprint density at radius 1 is 1.14 bits per heavy atom. The van der Waals surface area contributed by atoms with Gasteiger partial charge in [-0.1, -0.05) is 18.2 Å². The molecule has 0 saturated heterocycles. The first-order valence-corrected chi connectivity index (χ1v) is 12.1. The van der Waals surface area contributed by atoms with Crippen molar-refractivity contribution >= 4 is 40.4 Å². The molecule has 3 unspecified atom stereocenters. The Hall–Kier alpha value is -4.34. The molecule has 2 aliphatic rings.